The first kappa shape index (κ1) is 15.3. The molecular formula is C17H22O5. The zero-order chi connectivity index (χ0) is 16.3. The molecule has 2 aliphatic carbocycles. The number of hydrogen-bond acceptors (Lipinski definition) is 5. The predicted molar refractivity (Wildman–Crippen MR) is 80.3 cm³/mol. The van der Waals surface area contributed by atoms with Crippen molar-refractivity contribution in [1.82, 2.24) is 0 Å². The molecule has 0 radical (unpaired) electrons. The van der Waals surface area contributed by atoms with Gasteiger partial charge in [-0.15, -0.1) is 0 Å². The smallest absolute Gasteiger partial charge is 0.168 e. The standard InChI is InChI=1S/C17H22O5/c1-16(21)7-6-13(19)17(2)9-4-5-11(22-3)15(20)14(9)10(18)8-12(16)17/h4-5,12-13,19-21H,6-8H2,1-3H3. The van der Waals surface area contributed by atoms with Crippen LogP contribution in [0.5, 0.6) is 11.5 Å². The van der Waals surface area contributed by atoms with Crippen molar-refractivity contribution in [3.63, 3.8) is 0 Å². The van der Waals surface area contributed by atoms with Crippen molar-refractivity contribution < 1.29 is 24.9 Å². The number of carbonyl (C=O) groups excluding carboxylic acids is 1. The molecule has 0 aliphatic heterocycles. The first-order valence-corrected chi connectivity index (χ1v) is 7.57. The van der Waals surface area contributed by atoms with Crippen LogP contribution in [0, 0.1) is 5.92 Å². The number of aromatic hydroxyl groups is 1. The lowest BCUT2D eigenvalue weighted by Crippen LogP contribution is -2.60. The van der Waals surface area contributed by atoms with Crippen molar-refractivity contribution in [1.29, 1.82) is 0 Å². The fourth-order valence-electron chi connectivity index (χ4n) is 4.34. The van der Waals surface area contributed by atoms with E-state index in [-0.39, 0.29) is 35.2 Å². The van der Waals surface area contributed by atoms with Gasteiger partial charge in [0.25, 0.3) is 0 Å². The van der Waals surface area contributed by atoms with E-state index in [0.717, 1.165) is 0 Å². The molecule has 5 nitrogen and oxygen atoms in total. The summed E-state index contributed by atoms with van der Waals surface area (Å²) in [5, 5.41) is 31.7. The highest BCUT2D eigenvalue weighted by molar-refractivity contribution is 6.02. The van der Waals surface area contributed by atoms with Gasteiger partial charge in [-0.05, 0) is 31.4 Å². The molecule has 1 fully saturated rings. The van der Waals surface area contributed by atoms with Crippen LogP contribution in [0.25, 0.3) is 0 Å². The molecule has 2 aliphatic rings. The summed E-state index contributed by atoms with van der Waals surface area (Å²) in [6.45, 7) is 3.59. The Morgan fingerprint density at radius 3 is 2.64 bits per heavy atom. The molecular weight excluding hydrogens is 284 g/mol. The predicted octanol–water partition coefficient (Wildman–Crippen LogP) is 1.77. The summed E-state index contributed by atoms with van der Waals surface area (Å²) < 4.78 is 5.08. The highest BCUT2D eigenvalue weighted by Gasteiger charge is 2.58. The molecule has 0 saturated heterocycles. The van der Waals surface area contributed by atoms with Crippen LogP contribution in [-0.2, 0) is 5.41 Å². The number of carbonyl (C=O) groups is 1. The molecule has 4 atom stereocenters. The van der Waals surface area contributed by atoms with Crippen LogP contribution in [0.2, 0.25) is 0 Å². The van der Waals surface area contributed by atoms with Crippen LogP contribution < -0.4 is 4.74 Å². The minimum atomic E-state index is -1.02. The molecule has 1 aromatic carbocycles. The maximum Gasteiger partial charge on any atom is 0.168 e. The summed E-state index contributed by atoms with van der Waals surface area (Å²) in [7, 11) is 1.43. The average Bonchev–Trinajstić information content (AvgIpc) is 2.46. The summed E-state index contributed by atoms with van der Waals surface area (Å²) in [4.78, 5) is 12.6. The Labute approximate surface area is 129 Å². The molecule has 3 N–H and O–H groups in total. The average molecular weight is 306 g/mol. The number of methoxy groups -OCH3 is 1. The number of hydrogen-bond donors (Lipinski definition) is 3. The first-order valence-electron chi connectivity index (χ1n) is 7.57. The van der Waals surface area contributed by atoms with Crippen LogP contribution in [0.1, 0.15) is 49.0 Å². The van der Waals surface area contributed by atoms with Crippen molar-refractivity contribution in [2.24, 2.45) is 5.92 Å². The third kappa shape index (κ3) is 1.82. The Morgan fingerprint density at radius 1 is 1.32 bits per heavy atom. The molecule has 0 spiro atoms. The minimum Gasteiger partial charge on any atom is -0.504 e. The molecule has 1 saturated carbocycles. The molecule has 120 valence electrons. The second-order valence-electron chi connectivity index (χ2n) is 6.91. The van der Waals surface area contributed by atoms with Gasteiger partial charge in [-0.1, -0.05) is 13.0 Å². The number of rotatable bonds is 1. The molecule has 3 rings (SSSR count). The van der Waals surface area contributed by atoms with Gasteiger partial charge in [0.2, 0.25) is 0 Å². The van der Waals surface area contributed by atoms with Crippen molar-refractivity contribution in [3.8, 4) is 11.5 Å². The third-order valence-electron chi connectivity index (χ3n) is 5.70. The Bertz CT molecular complexity index is 636. The van der Waals surface area contributed by atoms with E-state index in [0.29, 0.717) is 18.4 Å². The third-order valence-corrected chi connectivity index (χ3v) is 5.70. The summed E-state index contributed by atoms with van der Waals surface area (Å²) in [6.07, 6.45) is 0.353. The van der Waals surface area contributed by atoms with E-state index in [1.54, 1.807) is 19.1 Å². The highest BCUT2D eigenvalue weighted by Crippen LogP contribution is 2.55. The molecule has 22 heavy (non-hydrogen) atoms. The maximum absolute atomic E-state index is 12.6. The number of phenols is 1. The van der Waals surface area contributed by atoms with Gasteiger partial charge in [-0.2, -0.15) is 0 Å². The number of fused-ring (bicyclic) bond motifs is 3. The Kier molecular flexibility index (Phi) is 3.27. The highest BCUT2D eigenvalue weighted by atomic mass is 16.5. The molecule has 5 heteroatoms. The van der Waals surface area contributed by atoms with Gasteiger partial charge >= 0.3 is 0 Å². The van der Waals surface area contributed by atoms with Crippen molar-refractivity contribution in [2.45, 2.75) is 50.2 Å². The van der Waals surface area contributed by atoms with Crippen molar-refractivity contribution in [3.05, 3.63) is 23.3 Å². The van der Waals surface area contributed by atoms with Crippen molar-refractivity contribution >= 4 is 5.78 Å². The number of Topliss-reactive ketones (excluding diaryl/α,β-unsaturated/α-hetero) is 1. The van der Waals surface area contributed by atoms with E-state index in [4.69, 9.17) is 4.74 Å². The SMILES string of the molecule is COc1ccc2c(c1O)C(=O)CC1C(C)(O)CCC(O)C21C. The molecule has 1 aromatic rings. The second kappa shape index (κ2) is 4.70. The van der Waals surface area contributed by atoms with Gasteiger partial charge in [0.1, 0.15) is 0 Å². The van der Waals surface area contributed by atoms with E-state index >= 15 is 0 Å². The summed E-state index contributed by atoms with van der Waals surface area (Å²) >= 11 is 0. The zero-order valence-electron chi connectivity index (χ0n) is 13.1. The van der Waals surface area contributed by atoms with E-state index in [1.807, 2.05) is 6.92 Å². The van der Waals surface area contributed by atoms with Crippen LogP contribution in [0.3, 0.4) is 0 Å². The van der Waals surface area contributed by atoms with Gasteiger partial charge in [0.05, 0.1) is 24.4 Å². The van der Waals surface area contributed by atoms with E-state index < -0.39 is 17.1 Å². The normalized spacial score (nSPS) is 37.4. The van der Waals surface area contributed by atoms with Crippen molar-refractivity contribution in [2.75, 3.05) is 7.11 Å². The number of aliphatic hydroxyl groups excluding tert-OH is 1. The summed E-state index contributed by atoms with van der Waals surface area (Å²) in [5.74, 6) is -0.534. The second-order valence-corrected chi connectivity index (χ2v) is 6.91. The fourth-order valence-corrected chi connectivity index (χ4v) is 4.34. The number of ketones is 1. The topological polar surface area (TPSA) is 87.0 Å². The van der Waals surface area contributed by atoms with Gasteiger partial charge in [-0.3, -0.25) is 4.79 Å². The number of ether oxygens (including phenoxy) is 1. The lowest BCUT2D eigenvalue weighted by molar-refractivity contribution is -0.118. The lowest BCUT2D eigenvalue weighted by Gasteiger charge is -2.54. The Morgan fingerprint density at radius 2 is 2.00 bits per heavy atom. The maximum atomic E-state index is 12.6. The monoisotopic (exact) mass is 306 g/mol. The van der Waals surface area contributed by atoms with E-state index in [1.165, 1.54) is 7.11 Å². The van der Waals surface area contributed by atoms with Gasteiger partial charge < -0.3 is 20.1 Å². The minimum absolute atomic E-state index is 0.105. The van der Waals surface area contributed by atoms with Crippen LogP contribution in [-0.4, -0.2) is 39.9 Å². The van der Waals surface area contributed by atoms with Gasteiger partial charge in [0, 0.05) is 17.8 Å². The van der Waals surface area contributed by atoms with Crippen LogP contribution in [0.4, 0.5) is 0 Å². The quantitative estimate of drug-likeness (QED) is 0.736. The molecule has 4 unspecified atom stereocenters. The lowest BCUT2D eigenvalue weighted by atomic mass is 9.52. The Balaban J connectivity index is 2.26. The molecule has 0 bridgehead atoms. The van der Waals surface area contributed by atoms with Gasteiger partial charge in [-0.25, -0.2) is 0 Å². The van der Waals surface area contributed by atoms with Gasteiger partial charge in [0.15, 0.2) is 17.3 Å². The number of aliphatic hydroxyl groups is 2. The summed E-state index contributed by atoms with van der Waals surface area (Å²) in [5.41, 5.74) is -0.972. The Hall–Kier alpha value is -1.59. The van der Waals surface area contributed by atoms with Crippen LogP contribution >= 0.6 is 0 Å². The van der Waals surface area contributed by atoms with E-state index in [9.17, 15) is 20.1 Å². The molecule has 0 heterocycles. The number of benzene rings is 1. The first-order chi connectivity index (χ1) is 10.2. The zero-order valence-corrected chi connectivity index (χ0v) is 13.1. The van der Waals surface area contributed by atoms with Crippen LogP contribution in [0.15, 0.2) is 12.1 Å². The number of phenolic OH excluding ortho intramolecular Hbond substituents is 1. The van der Waals surface area contributed by atoms with E-state index in [2.05, 4.69) is 0 Å². The summed E-state index contributed by atoms with van der Waals surface area (Å²) in [6, 6.07) is 3.33. The molecule has 0 aromatic heterocycles. The fraction of sp³-hybridized carbons (Fsp3) is 0.588. The largest absolute Gasteiger partial charge is 0.504 e. The molecule has 0 amide bonds.